The van der Waals surface area contributed by atoms with Gasteiger partial charge in [-0.2, -0.15) is 13.2 Å². The lowest BCUT2D eigenvalue weighted by molar-refractivity contribution is -0.141. The minimum absolute atomic E-state index is 0.390. The lowest BCUT2D eigenvalue weighted by Crippen LogP contribution is -2.43. The normalized spacial score (nSPS) is 19.0. The third-order valence-electron chi connectivity index (χ3n) is 4.79. The van der Waals surface area contributed by atoms with Gasteiger partial charge in [-0.3, -0.25) is 4.79 Å². The second kappa shape index (κ2) is 7.77. The summed E-state index contributed by atoms with van der Waals surface area (Å²) in [4.78, 5) is 23.2. The van der Waals surface area contributed by atoms with E-state index in [4.69, 9.17) is 4.74 Å². The summed E-state index contributed by atoms with van der Waals surface area (Å²) in [7, 11) is 0. The smallest absolute Gasteiger partial charge is 0.381 e. The number of carbonyl (C=O) groups is 1. The third-order valence-corrected chi connectivity index (χ3v) is 4.79. The highest BCUT2D eigenvalue weighted by Gasteiger charge is 2.32. The molecule has 3 heterocycles. The molecule has 0 aliphatic carbocycles. The van der Waals surface area contributed by atoms with E-state index in [0.29, 0.717) is 45.0 Å². The topological polar surface area (TPSA) is 67.4 Å². The Morgan fingerprint density at radius 1 is 1.23 bits per heavy atom. The van der Waals surface area contributed by atoms with Crippen LogP contribution in [0.1, 0.15) is 29.9 Å². The molecule has 9 heteroatoms. The lowest BCUT2D eigenvalue weighted by Gasteiger charge is -2.33. The Kier molecular flexibility index (Phi) is 5.64. The maximum absolute atomic E-state index is 12.3. The van der Waals surface area contributed by atoms with Crippen molar-refractivity contribution in [2.45, 2.75) is 38.8 Å². The van der Waals surface area contributed by atoms with Gasteiger partial charge in [0.15, 0.2) is 0 Å². The molecule has 1 N–H and O–H groups in total. The molecule has 144 valence electrons. The van der Waals surface area contributed by atoms with E-state index in [1.54, 1.807) is 0 Å². The van der Waals surface area contributed by atoms with Gasteiger partial charge in [-0.15, -0.1) is 0 Å². The van der Waals surface area contributed by atoms with E-state index >= 15 is 0 Å². The monoisotopic (exact) mass is 372 g/mol. The molecule has 1 aromatic rings. The number of amides is 1. The summed E-state index contributed by atoms with van der Waals surface area (Å²) in [6.07, 6.45) is -1.86. The summed E-state index contributed by atoms with van der Waals surface area (Å²) in [5, 5.41) is 1.99. The predicted octanol–water partition coefficient (Wildman–Crippen LogP) is 1.80. The number of fused-ring (bicyclic) bond motifs is 1. The molecule has 0 spiro atoms. The van der Waals surface area contributed by atoms with Crippen molar-refractivity contribution in [3.8, 4) is 0 Å². The summed E-state index contributed by atoms with van der Waals surface area (Å²) in [6, 6.07) is 0. The van der Waals surface area contributed by atoms with Gasteiger partial charge >= 0.3 is 6.18 Å². The standard InChI is InChI=1S/C17H23F3N4O2/c1-11-22-14-5-9-26-8-4-13(14)15(23-11)24-6-2-12(3-7-24)16(25)21-10-17(18,19)20/h12H,2-10H2,1H3,(H,21,25). The molecule has 1 amide bonds. The molecule has 26 heavy (non-hydrogen) atoms. The van der Waals surface area contributed by atoms with Crippen LogP contribution < -0.4 is 10.2 Å². The molecule has 0 unspecified atom stereocenters. The van der Waals surface area contributed by atoms with Crippen molar-refractivity contribution in [1.29, 1.82) is 0 Å². The lowest BCUT2D eigenvalue weighted by atomic mass is 9.95. The molecule has 0 radical (unpaired) electrons. The molecule has 1 saturated heterocycles. The molecule has 0 atom stereocenters. The van der Waals surface area contributed by atoms with Gasteiger partial charge < -0.3 is 15.0 Å². The molecular formula is C17H23F3N4O2. The quantitative estimate of drug-likeness (QED) is 0.876. The fourth-order valence-corrected chi connectivity index (χ4v) is 3.49. The SMILES string of the molecule is Cc1nc2c(c(N3CCC(C(=O)NCC(F)(F)F)CC3)n1)CCOCC2. The number of ether oxygens (including phenoxy) is 1. The van der Waals surface area contributed by atoms with Gasteiger partial charge in [-0.1, -0.05) is 0 Å². The highest BCUT2D eigenvalue weighted by molar-refractivity contribution is 5.79. The predicted molar refractivity (Wildman–Crippen MR) is 89.0 cm³/mol. The van der Waals surface area contributed by atoms with Crippen molar-refractivity contribution in [3.63, 3.8) is 0 Å². The van der Waals surface area contributed by atoms with E-state index in [-0.39, 0.29) is 0 Å². The summed E-state index contributed by atoms with van der Waals surface area (Å²) < 4.78 is 42.3. The van der Waals surface area contributed by atoms with Crippen LogP contribution in [0, 0.1) is 12.8 Å². The zero-order valence-corrected chi connectivity index (χ0v) is 14.7. The summed E-state index contributed by atoms with van der Waals surface area (Å²) in [5.74, 6) is 0.671. The summed E-state index contributed by atoms with van der Waals surface area (Å²) in [5.41, 5.74) is 2.10. The Labute approximate surface area is 150 Å². The average Bonchev–Trinajstić information content (AvgIpc) is 2.84. The number of aryl methyl sites for hydroxylation is 1. The number of halogens is 3. The van der Waals surface area contributed by atoms with Gasteiger partial charge in [0.25, 0.3) is 0 Å². The molecule has 3 rings (SSSR count). The van der Waals surface area contributed by atoms with Crippen LogP contribution in [0.3, 0.4) is 0 Å². The van der Waals surface area contributed by atoms with Crippen LogP contribution in [0.2, 0.25) is 0 Å². The van der Waals surface area contributed by atoms with Crippen LogP contribution in [0.15, 0.2) is 0 Å². The first-order valence-corrected chi connectivity index (χ1v) is 8.87. The van der Waals surface area contributed by atoms with Crippen molar-refractivity contribution in [2.24, 2.45) is 5.92 Å². The zero-order valence-electron chi connectivity index (χ0n) is 14.7. The van der Waals surface area contributed by atoms with E-state index in [1.807, 2.05) is 12.2 Å². The van der Waals surface area contributed by atoms with Crippen LogP contribution >= 0.6 is 0 Å². The van der Waals surface area contributed by atoms with Crippen molar-refractivity contribution in [1.82, 2.24) is 15.3 Å². The molecule has 1 aromatic heterocycles. The van der Waals surface area contributed by atoms with Crippen LogP contribution in [0.25, 0.3) is 0 Å². The number of nitrogens with zero attached hydrogens (tertiary/aromatic N) is 3. The summed E-state index contributed by atoms with van der Waals surface area (Å²) in [6.45, 7) is 3.03. The number of aromatic nitrogens is 2. The number of hydrogen-bond acceptors (Lipinski definition) is 5. The fraction of sp³-hybridized carbons (Fsp3) is 0.706. The zero-order chi connectivity index (χ0) is 18.7. The molecule has 2 aliphatic heterocycles. The third kappa shape index (κ3) is 4.63. The first kappa shape index (κ1) is 18.9. The van der Waals surface area contributed by atoms with Crippen molar-refractivity contribution >= 4 is 11.7 Å². The minimum Gasteiger partial charge on any atom is -0.381 e. The first-order valence-electron chi connectivity index (χ1n) is 8.87. The van der Waals surface area contributed by atoms with Crippen LogP contribution in [0.5, 0.6) is 0 Å². The molecule has 0 bridgehead atoms. The van der Waals surface area contributed by atoms with E-state index in [0.717, 1.165) is 29.9 Å². The van der Waals surface area contributed by atoms with Crippen LogP contribution in [-0.2, 0) is 22.4 Å². The van der Waals surface area contributed by atoms with E-state index in [9.17, 15) is 18.0 Å². The Morgan fingerprint density at radius 3 is 2.62 bits per heavy atom. The van der Waals surface area contributed by atoms with Crippen molar-refractivity contribution in [3.05, 3.63) is 17.1 Å². The van der Waals surface area contributed by atoms with Crippen LogP contribution in [0.4, 0.5) is 19.0 Å². The maximum atomic E-state index is 12.3. The number of nitrogens with one attached hydrogen (secondary N) is 1. The number of anilines is 1. The number of rotatable bonds is 3. The Bertz CT molecular complexity index is 658. The van der Waals surface area contributed by atoms with Crippen molar-refractivity contribution < 1.29 is 22.7 Å². The van der Waals surface area contributed by atoms with Gasteiger partial charge in [0.2, 0.25) is 5.91 Å². The average molecular weight is 372 g/mol. The molecule has 2 aliphatic rings. The summed E-state index contributed by atoms with van der Waals surface area (Å²) >= 11 is 0. The van der Waals surface area contributed by atoms with Crippen LogP contribution in [-0.4, -0.2) is 54.9 Å². The molecule has 0 saturated carbocycles. The second-order valence-electron chi connectivity index (χ2n) is 6.73. The minimum atomic E-state index is -4.38. The highest BCUT2D eigenvalue weighted by atomic mass is 19.4. The number of piperidine rings is 1. The Morgan fingerprint density at radius 2 is 1.92 bits per heavy atom. The fourth-order valence-electron chi connectivity index (χ4n) is 3.49. The Balaban J connectivity index is 1.65. The molecule has 1 fully saturated rings. The van der Waals surface area contributed by atoms with Gasteiger partial charge in [0.1, 0.15) is 18.2 Å². The number of carbonyl (C=O) groups excluding carboxylic acids is 1. The van der Waals surface area contributed by atoms with Gasteiger partial charge in [0.05, 0.1) is 18.9 Å². The second-order valence-corrected chi connectivity index (χ2v) is 6.73. The van der Waals surface area contributed by atoms with Gasteiger partial charge in [-0.05, 0) is 19.8 Å². The van der Waals surface area contributed by atoms with Gasteiger partial charge in [-0.25, -0.2) is 9.97 Å². The maximum Gasteiger partial charge on any atom is 0.405 e. The first-order chi connectivity index (χ1) is 12.3. The number of hydrogen-bond donors (Lipinski definition) is 1. The molecule has 0 aromatic carbocycles. The van der Waals surface area contributed by atoms with Crippen molar-refractivity contribution in [2.75, 3.05) is 37.7 Å². The van der Waals surface area contributed by atoms with E-state index in [2.05, 4.69) is 14.9 Å². The number of alkyl halides is 3. The van der Waals surface area contributed by atoms with E-state index < -0.39 is 24.5 Å². The highest BCUT2D eigenvalue weighted by Crippen LogP contribution is 2.28. The Hall–Kier alpha value is -1.90. The molecule has 6 nitrogen and oxygen atoms in total. The van der Waals surface area contributed by atoms with Gasteiger partial charge in [0, 0.05) is 37.4 Å². The molecular weight excluding hydrogens is 349 g/mol. The van der Waals surface area contributed by atoms with E-state index in [1.165, 1.54) is 0 Å². The largest absolute Gasteiger partial charge is 0.405 e.